The summed E-state index contributed by atoms with van der Waals surface area (Å²) in [5, 5.41) is 36.8. The highest BCUT2D eigenvalue weighted by atomic mass is 16.4. The maximum absolute atomic E-state index is 11.6. The Morgan fingerprint density at radius 2 is 0.493 bits per heavy atom. The lowest BCUT2D eigenvalue weighted by atomic mass is 9.93. The molecule has 0 radical (unpaired) electrons. The predicted molar refractivity (Wildman–Crippen MR) is 260 cm³/mol. The summed E-state index contributed by atoms with van der Waals surface area (Å²) in [6.45, 7) is 0. The van der Waals surface area contributed by atoms with Crippen LogP contribution in [0.25, 0.3) is 66.2 Å². The van der Waals surface area contributed by atoms with E-state index in [2.05, 4.69) is 4.98 Å². The van der Waals surface area contributed by atoms with E-state index in [0.29, 0.717) is 66.5 Å². The lowest BCUT2D eigenvalue weighted by molar-refractivity contribution is -0.158. The normalized spacial score (nSPS) is 10.8. The Labute approximate surface area is 406 Å². The molecule has 3 heterocycles. The Kier molecular flexibility index (Phi) is 27.0. The molecule has 0 amide bonds. The van der Waals surface area contributed by atoms with Crippen LogP contribution in [0.1, 0.15) is 63.7 Å². The second kappa shape index (κ2) is 27.3. The van der Waals surface area contributed by atoms with E-state index >= 15 is 0 Å². The van der Waals surface area contributed by atoms with Crippen molar-refractivity contribution in [1.82, 2.24) is 29.9 Å². The predicted octanol–water partition coefficient (Wildman–Crippen LogP) is -2.66. The van der Waals surface area contributed by atoms with Crippen LogP contribution in [0.2, 0.25) is 0 Å². The number of nitrogen functional groups attached to an aromatic ring is 2. The van der Waals surface area contributed by atoms with Crippen molar-refractivity contribution < 1.29 is 112 Å². The van der Waals surface area contributed by atoms with Crippen LogP contribution in [0.5, 0.6) is 0 Å². The average molecular weight is 1030 g/mol. The average Bonchev–Trinajstić information content (AvgIpc) is 3.26. The fourth-order valence-electron chi connectivity index (χ4n) is 5.88. The van der Waals surface area contributed by atoms with Gasteiger partial charge in [0.05, 0.1) is 66.7 Å². The van der Waals surface area contributed by atoms with Crippen LogP contribution in [0.4, 0.5) is 11.4 Å². The summed E-state index contributed by atoms with van der Waals surface area (Å²) >= 11 is 0. The van der Waals surface area contributed by atoms with Crippen molar-refractivity contribution in [1.29, 1.82) is 0 Å². The summed E-state index contributed by atoms with van der Waals surface area (Å²) in [5.41, 5.74) is 15.7. The van der Waals surface area contributed by atoms with Crippen LogP contribution < -0.4 is 11.5 Å². The van der Waals surface area contributed by atoms with Crippen molar-refractivity contribution in [2.45, 2.75) is 22.3 Å². The number of aromatic carboxylic acids is 4. The van der Waals surface area contributed by atoms with E-state index in [1.807, 2.05) is 0 Å². The van der Waals surface area contributed by atoms with Crippen LogP contribution >= 0.6 is 0 Å². The van der Waals surface area contributed by atoms with Gasteiger partial charge in [-0.25, -0.2) is 49.1 Å². The Bertz CT molecular complexity index is 3380. The topological polar surface area (TPSA) is 633 Å². The van der Waals surface area contributed by atoms with Gasteiger partial charge in [0.1, 0.15) is 33.1 Å². The number of carbonyl (C=O) groups is 10. The van der Waals surface area contributed by atoms with E-state index < -0.39 is 58.6 Å². The van der Waals surface area contributed by atoms with Crippen LogP contribution in [-0.2, 0) is 28.8 Å². The molecule has 5 aromatic carbocycles. The fraction of sp³-hybridized carbons (Fsp3) is 0.0698. The third-order valence-corrected chi connectivity index (χ3v) is 8.98. The molecule has 73 heavy (non-hydrogen) atoms. The molecule has 24 N–H and O–H groups in total. The zero-order valence-corrected chi connectivity index (χ0v) is 34.6. The van der Waals surface area contributed by atoms with Gasteiger partial charge in [-0.1, -0.05) is 22.3 Å². The second-order valence-corrected chi connectivity index (χ2v) is 12.9. The highest BCUT2D eigenvalue weighted by Crippen LogP contribution is 2.33. The highest BCUT2D eigenvalue weighted by molar-refractivity contribution is 7.08. The number of nitrogens with zero attached hydrogens (tertiary/aromatic N) is 6. The van der Waals surface area contributed by atoms with Gasteiger partial charge in [0.25, 0.3) is 34.7 Å². The van der Waals surface area contributed by atoms with Gasteiger partial charge >= 0.3 is 23.9 Å². The van der Waals surface area contributed by atoms with Crippen molar-refractivity contribution in [3.8, 4) is 0 Å². The van der Waals surface area contributed by atoms with Gasteiger partial charge in [0.15, 0.2) is 0 Å². The smallest absolute Gasteiger partial charge is 0.335 e. The summed E-state index contributed by atoms with van der Waals surface area (Å²) in [7, 11) is 0. The summed E-state index contributed by atoms with van der Waals surface area (Å²) < 4.78 is 0. The van der Waals surface area contributed by atoms with E-state index in [0.717, 1.165) is 0 Å². The minimum atomic E-state index is -1.73. The minimum Gasteiger partial charge on any atom is -0.478 e. The monoisotopic (exact) mass is 1030 g/mol. The molecule has 0 aliphatic heterocycles. The molecule has 30 nitrogen and oxygen atoms in total. The number of fused-ring (bicyclic) bond motifs is 9. The van der Waals surface area contributed by atoms with Gasteiger partial charge in [0.2, 0.25) is 0 Å². The van der Waals surface area contributed by atoms with Gasteiger partial charge in [0, 0.05) is 0 Å². The summed E-state index contributed by atoms with van der Waals surface area (Å²) in [5.74, 6) is -14.7. The number of carboxylic acid groups (broad SMARTS) is 4. The number of Topliss-reactive ketones (excluding diaryl/α,β-unsaturated/α-hetero) is 6. The maximum Gasteiger partial charge on any atom is 0.335 e. The first kappa shape index (κ1) is 72.1. The second-order valence-electron chi connectivity index (χ2n) is 12.9. The number of nitrogens with two attached hydrogens (primary N) is 2. The van der Waals surface area contributed by atoms with Gasteiger partial charge in [-0.05, 0) is 72.8 Å². The molecule has 0 saturated heterocycles. The molecule has 0 spiro atoms. The number of anilines is 2. The van der Waals surface area contributed by atoms with Gasteiger partial charge in [-0.15, -0.1) is 0 Å². The number of hydrogen-bond donors (Lipinski definition) is 6. The number of ketones is 6. The molecule has 0 unspecified atom stereocenters. The zero-order chi connectivity index (χ0) is 44.9. The van der Waals surface area contributed by atoms with Gasteiger partial charge < -0.3 is 75.7 Å². The molecule has 9 rings (SSSR count). The number of rotatable bonds is 4. The van der Waals surface area contributed by atoms with Crippen molar-refractivity contribution in [2.24, 2.45) is 0 Å². The van der Waals surface area contributed by atoms with Crippen molar-refractivity contribution in [3.05, 3.63) is 95.1 Å². The third-order valence-electron chi connectivity index (χ3n) is 8.98. The standard InChI is InChI=1S/C27H12N6O6.C7H8N2O2.C6O6.3CH4.8H2O/c34-25(35)10-1-4-13-16(7-10)31-22-19(28-13)20-23(32-17-8-11(26(36)37)2-5-14(17)29-20)24-21(22)30-15-6-3-12(27(38)39)9-18(15)33-24;8-5-2-1-4(7(10)11)3-6(5)9;7-1-2(8)4(10)6(12)5(11)3(1)9;;;;;;;;;;;/h1-9H,(H,34,35)(H,36,37)(H,38,39);1-3H,8-9H2,(H,10,11);;3*1H4;8*1H2. The Morgan fingerprint density at radius 1 is 0.301 bits per heavy atom. The number of aromatic nitrogens is 6. The maximum atomic E-state index is 11.6. The summed E-state index contributed by atoms with van der Waals surface area (Å²) in [6.07, 6.45) is 0. The molecule has 392 valence electrons. The minimum absolute atomic E-state index is 0. The Hall–Kier alpha value is -9.92. The lowest BCUT2D eigenvalue weighted by Crippen LogP contribution is -2.49. The molecule has 1 saturated carbocycles. The van der Waals surface area contributed by atoms with E-state index in [9.17, 15) is 63.3 Å². The first-order chi connectivity index (χ1) is 29.3. The SMILES string of the molecule is C.C.C.Nc1ccc(C(=O)O)cc1N.O.O.O.O.O.O.O.O.O=C(O)c1ccc2nc3c4nc5ccc(C(=O)O)cc5nc4c4nc5cc(C(=O)O)ccc5nc4c3nc2c1.O=C1C(=O)C(=O)C(=O)C(=O)C1=O. The number of carboxylic acids is 4. The van der Waals surface area contributed by atoms with E-state index in [-0.39, 0.29) is 99.4 Å². The van der Waals surface area contributed by atoms with E-state index in [1.54, 1.807) is 12.1 Å². The van der Waals surface area contributed by atoms with Crippen LogP contribution in [0.15, 0.2) is 72.8 Å². The van der Waals surface area contributed by atoms with Gasteiger partial charge in [-0.2, -0.15) is 0 Å². The molecular formula is C43H48N8O22. The van der Waals surface area contributed by atoms with Gasteiger partial charge in [-0.3, -0.25) is 28.8 Å². The first-order valence-electron chi connectivity index (χ1n) is 17.1. The molecule has 1 aliphatic carbocycles. The van der Waals surface area contributed by atoms with Crippen LogP contribution in [-0.4, -0.2) is 153 Å². The van der Waals surface area contributed by atoms with Crippen molar-refractivity contribution in [2.75, 3.05) is 11.5 Å². The molecule has 8 aromatic rings. The number of hydrogen-bond acceptors (Lipinski definition) is 18. The van der Waals surface area contributed by atoms with Crippen molar-refractivity contribution >= 4 is 136 Å². The molecular weight excluding hydrogens is 981 g/mol. The number of benzene rings is 5. The highest BCUT2D eigenvalue weighted by Gasteiger charge is 2.47. The van der Waals surface area contributed by atoms with Crippen LogP contribution in [0.3, 0.4) is 0 Å². The quantitative estimate of drug-likeness (QED) is 0.0453. The molecule has 0 atom stereocenters. The Balaban J connectivity index is -0.000000385. The largest absolute Gasteiger partial charge is 0.478 e. The zero-order valence-electron chi connectivity index (χ0n) is 34.6. The first-order valence-corrected chi connectivity index (χ1v) is 17.1. The van der Waals surface area contributed by atoms with Crippen LogP contribution in [0, 0.1) is 0 Å². The third kappa shape index (κ3) is 13.2. The fourth-order valence-corrected chi connectivity index (χ4v) is 5.88. The molecule has 1 aliphatic rings. The summed E-state index contributed by atoms with van der Waals surface area (Å²) in [6, 6.07) is 17.3. The lowest BCUT2D eigenvalue weighted by Gasteiger charge is -2.11. The summed E-state index contributed by atoms with van der Waals surface area (Å²) in [4.78, 5) is 136. The molecule has 30 heteroatoms. The van der Waals surface area contributed by atoms with Crippen molar-refractivity contribution in [3.63, 3.8) is 0 Å². The van der Waals surface area contributed by atoms with E-state index in [1.165, 1.54) is 60.7 Å². The number of carbonyl (C=O) groups excluding carboxylic acids is 6. The molecule has 0 bridgehead atoms. The Morgan fingerprint density at radius 3 is 0.699 bits per heavy atom. The molecule has 1 fully saturated rings. The van der Waals surface area contributed by atoms with E-state index in [4.69, 9.17) is 41.5 Å². The molecule has 3 aromatic heterocycles.